The molecule has 4 aromatic carbocycles. The van der Waals surface area contributed by atoms with Gasteiger partial charge in [-0.2, -0.15) is 0 Å². The van der Waals surface area contributed by atoms with E-state index in [0.29, 0.717) is 45.7 Å². The Kier molecular flexibility index (Phi) is 11.1. The number of rotatable bonds is 13. The van der Waals surface area contributed by atoms with Gasteiger partial charge in [0.05, 0.1) is 28.8 Å². The van der Waals surface area contributed by atoms with Crippen LogP contribution < -0.4 is 10.6 Å². The minimum Gasteiger partial charge on any atom is -0.507 e. The fraction of sp³-hybridized carbons (Fsp3) is 0.279. The fourth-order valence-corrected chi connectivity index (χ4v) is 10.5. The summed E-state index contributed by atoms with van der Waals surface area (Å²) in [7, 11) is -3.81. The number of hydrogen-bond donors (Lipinski definition) is 3. The molecule has 0 saturated carbocycles. The second-order valence-corrected chi connectivity index (χ2v) is 17.0. The summed E-state index contributed by atoms with van der Waals surface area (Å²) in [5.41, 5.74) is 3.69. The predicted octanol–water partition coefficient (Wildman–Crippen LogP) is 7.13. The first-order chi connectivity index (χ1) is 26.4. The number of carbonyl (C=O) groups is 2. The number of fused-ring (bicyclic) bond motifs is 3. The summed E-state index contributed by atoms with van der Waals surface area (Å²) < 4.78 is 41.2. The highest BCUT2D eigenvalue weighted by Gasteiger charge is 2.47. The first-order valence-electron chi connectivity index (χ1n) is 18.2. The molecule has 3 N–H and O–H groups in total. The van der Waals surface area contributed by atoms with Gasteiger partial charge in [0.15, 0.2) is 15.6 Å². The number of carbonyl (C=O) groups excluding carboxylic acids is 2. The summed E-state index contributed by atoms with van der Waals surface area (Å²) in [6.45, 7) is 6.32. The normalized spacial score (nSPS) is 19.2. The molecule has 2 aliphatic rings. The Morgan fingerprint density at radius 3 is 2.44 bits per heavy atom. The third-order valence-corrected chi connectivity index (χ3v) is 12.8. The maximum absolute atomic E-state index is 14.2. The van der Waals surface area contributed by atoms with Gasteiger partial charge in [0.2, 0.25) is 0 Å². The number of ketones is 1. The zero-order valence-electron chi connectivity index (χ0n) is 30.7. The summed E-state index contributed by atoms with van der Waals surface area (Å²) in [4.78, 5) is 32.0. The topological polar surface area (TPSA) is 144 Å². The maximum atomic E-state index is 14.2. The summed E-state index contributed by atoms with van der Waals surface area (Å²) >= 11 is 3.71. The van der Waals surface area contributed by atoms with E-state index < -0.39 is 39.5 Å². The van der Waals surface area contributed by atoms with Crippen molar-refractivity contribution in [1.82, 2.24) is 15.6 Å². The molecule has 2 heterocycles. The van der Waals surface area contributed by atoms with Crippen molar-refractivity contribution >= 4 is 53.8 Å². The Labute approximate surface area is 329 Å². The van der Waals surface area contributed by atoms with Gasteiger partial charge in [0.25, 0.3) is 5.91 Å². The van der Waals surface area contributed by atoms with E-state index in [1.54, 1.807) is 36.5 Å². The lowest BCUT2D eigenvalue weighted by atomic mass is 9.81. The monoisotopic (exact) mass is 823 g/mol. The molecule has 7 rings (SSSR count). The zero-order chi connectivity index (χ0) is 38.9. The number of sulfone groups is 1. The van der Waals surface area contributed by atoms with Crippen LogP contribution in [0.3, 0.4) is 0 Å². The Morgan fingerprint density at radius 2 is 1.67 bits per heavy atom. The highest BCUT2D eigenvalue weighted by molar-refractivity contribution is 9.10. The molecule has 5 aromatic rings. The summed E-state index contributed by atoms with van der Waals surface area (Å²) in [6, 6.07) is 28.2. The van der Waals surface area contributed by atoms with E-state index in [1.807, 2.05) is 75.4 Å². The largest absolute Gasteiger partial charge is 0.507 e. The van der Waals surface area contributed by atoms with Gasteiger partial charge in [-0.05, 0) is 65.6 Å². The number of nitrogens with one attached hydrogen (secondary N) is 2. The van der Waals surface area contributed by atoms with E-state index in [1.165, 1.54) is 12.1 Å². The molecule has 4 unspecified atom stereocenters. The second kappa shape index (κ2) is 15.8. The molecule has 1 aliphatic carbocycles. The number of phenolic OH excluding ortho intramolecular Hbond substituents is 1. The number of phenols is 1. The number of nitrogens with zero attached hydrogens (tertiary/aromatic N) is 1. The number of halogens is 1. The van der Waals surface area contributed by atoms with E-state index in [9.17, 15) is 23.1 Å². The number of benzene rings is 4. The van der Waals surface area contributed by atoms with Crippen molar-refractivity contribution in [1.29, 1.82) is 0 Å². The first-order valence-corrected chi connectivity index (χ1v) is 20.8. The van der Waals surface area contributed by atoms with E-state index in [0.717, 1.165) is 21.9 Å². The smallest absolute Gasteiger partial charge is 0.255 e. The van der Waals surface area contributed by atoms with E-state index in [2.05, 4.69) is 31.5 Å². The van der Waals surface area contributed by atoms with Gasteiger partial charge in [0, 0.05) is 52.6 Å². The third-order valence-electron chi connectivity index (χ3n) is 10.2. The molecular weight excluding hydrogens is 782 g/mol. The zero-order valence-corrected chi connectivity index (χ0v) is 33.1. The average Bonchev–Trinajstić information content (AvgIpc) is 3.54. The predicted molar refractivity (Wildman–Crippen MR) is 215 cm³/mol. The first kappa shape index (κ1) is 38.6. The number of ether oxygens (including phenoxy) is 2. The average molecular weight is 825 g/mol. The lowest BCUT2D eigenvalue weighted by Gasteiger charge is -2.32. The van der Waals surface area contributed by atoms with Gasteiger partial charge in [-0.3, -0.25) is 19.9 Å². The summed E-state index contributed by atoms with van der Waals surface area (Å²) in [5.74, 6) is -1.38. The molecule has 284 valence electrons. The summed E-state index contributed by atoms with van der Waals surface area (Å²) in [6.07, 6.45) is 0.298. The Balaban J connectivity index is 1.19. The molecule has 1 aromatic heterocycles. The van der Waals surface area contributed by atoms with Crippen LogP contribution in [-0.2, 0) is 35.3 Å². The summed E-state index contributed by atoms with van der Waals surface area (Å²) in [5, 5.41) is 18.5. The minimum absolute atomic E-state index is 0.00339. The molecule has 0 radical (unpaired) electrons. The number of hydrogen-bond acceptors (Lipinski definition) is 9. The second-order valence-electron chi connectivity index (χ2n) is 14.1. The molecular formula is C43H42BrN3O7S. The molecule has 12 heteroatoms. The number of para-hydroxylation sites is 1. The van der Waals surface area contributed by atoms with Gasteiger partial charge in [-0.15, -0.1) is 0 Å². The molecule has 0 saturated heterocycles. The Bertz CT molecular complexity index is 2430. The Morgan fingerprint density at radius 1 is 0.927 bits per heavy atom. The molecule has 1 aliphatic heterocycles. The van der Waals surface area contributed by atoms with E-state index >= 15 is 0 Å². The standard InChI is InChI=1S/C43H42BrN3O7S/c1-4-53-40-31-16-11-21-45-37(31)36-35(39(40)49)38(47-42(36)54-5-2)29-20-19-26(22-33(29)44)23-55(51,52)25-43(3,24-46-41(50)30-15-8-9-18-34(30)48)32-17-10-13-27-12-6-7-14-28(27)32/h6-22,38,40,42,47-48H,4-5,23-25H2,1-3H3,(H,46,50). The van der Waals surface area contributed by atoms with Crippen molar-refractivity contribution in [2.45, 2.75) is 50.3 Å². The maximum Gasteiger partial charge on any atom is 0.255 e. The third kappa shape index (κ3) is 7.61. The van der Waals surface area contributed by atoms with Crippen LogP contribution in [0, 0.1) is 0 Å². The van der Waals surface area contributed by atoms with Crippen LogP contribution in [0.5, 0.6) is 5.75 Å². The van der Waals surface area contributed by atoms with Crippen LogP contribution in [0.15, 0.2) is 113 Å². The van der Waals surface area contributed by atoms with Crippen molar-refractivity contribution in [2.75, 3.05) is 25.5 Å². The number of Topliss-reactive ketones (excluding diaryl/α,β-unsaturated/α-hetero) is 1. The quantitative estimate of drug-likeness (QED) is 0.113. The minimum atomic E-state index is -3.81. The molecule has 55 heavy (non-hydrogen) atoms. The van der Waals surface area contributed by atoms with Crippen molar-refractivity contribution in [2.24, 2.45) is 0 Å². The molecule has 4 atom stereocenters. The van der Waals surface area contributed by atoms with Gasteiger partial charge in [0.1, 0.15) is 18.1 Å². The van der Waals surface area contributed by atoms with Crippen LogP contribution in [0.1, 0.15) is 71.2 Å². The molecule has 0 spiro atoms. The van der Waals surface area contributed by atoms with E-state index in [4.69, 9.17) is 9.47 Å². The van der Waals surface area contributed by atoms with Crippen LogP contribution in [0.4, 0.5) is 0 Å². The fourth-order valence-electron chi connectivity index (χ4n) is 7.85. The Hall–Kier alpha value is -4.72. The highest BCUT2D eigenvalue weighted by atomic mass is 79.9. The van der Waals surface area contributed by atoms with Crippen molar-refractivity contribution in [3.05, 3.63) is 147 Å². The van der Waals surface area contributed by atoms with Crippen molar-refractivity contribution < 1.29 is 32.6 Å². The van der Waals surface area contributed by atoms with Gasteiger partial charge >= 0.3 is 0 Å². The lowest BCUT2D eigenvalue weighted by molar-refractivity contribution is -0.127. The van der Waals surface area contributed by atoms with E-state index in [-0.39, 0.29) is 35.1 Å². The number of amides is 1. The van der Waals surface area contributed by atoms with Gasteiger partial charge in [-0.25, -0.2) is 8.42 Å². The number of pyridine rings is 1. The lowest BCUT2D eigenvalue weighted by Crippen LogP contribution is -2.43. The molecule has 0 fully saturated rings. The van der Waals surface area contributed by atoms with Crippen LogP contribution in [-0.4, -0.2) is 61.9 Å². The van der Waals surface area contributed by atoms with Gasteiger partial charge in [-0.1, -0.05) is 95.7 Å². The van der Waals surface area contributed by atoms with Crippen molar-refractivity contribution in [3.8, 4) is 5.75 Å². The highest BCUT2D eigenvalue weighted by Crippen LogP contribution is 2.48. The van der Waals surface area contributed by atoms with Crippen molar-refractivity contribution in [3.63, 3.8) is 0 Å². The number of aromatic hydroxyl groups is 1. The molecule has 0 bridgehead atoms. The van der Waals surface area contributed by atoms with Crippen LogP contribution in [0.25, 0.3) is 16.3 Å². The molecule has 10 nitrogen and oxygen atoms in total. The SMILES string of the molecule is CCOC1NC(c2ccc(CS(=O)(=O)CC(C)(CNC(=O)c3ccccc3O)c3cccc4ccccc34)cc2Br)C2=C1c1ncccc1C(OCC)C2=O. The van der Waals surface area contributed by atoms with Gasteiger partial charge < -0.3 is 19.9 Å². The molecule has 1 amide bonds. The van der Waals surface area contributed by atoms with Crippen LogP contribution in [0.2, 0.25) is 0 Å². The van der Waals surface area contributed by atoms with Crippen LogP contribution >= 0.6 is 15.9 Å². The number of aromatic nitrogens is 1.